The largest absolute Gasteiger partial charge is 0.378 e. The zero-order valence-electron chi connectivity index (χ0n) is 54.2. The van der Waals surface area contributed by atoms with Gasteiger partial charge in [-0.2, -0.15) is 0 Å². The van der Waals surface area contributed by atoms with E-state index in [1.807, 2.05) is 193 Å². The number of hydrogen-bond acceptors (Lipinski definition) is 14. The number of hydrogen-bond donors (Lipinski definition) is 2. The van der Waals surface area contributed by atoms with Crippen molar-refractivity contribution in [3.63, 3.8) is 0 Å². The molecule has 14 nitrogen and oxygen atoms in total. The highest BCUT2D eigenvalue weighted by molar-refractivity contribution is 6.11. The van der Waals surface area contributed by atoms with Crippen LogP contribution in [0.2, 0.25) is 0 Å². The average Bonchev–Trinajstić information content (AvgIpc) is 3.73. The third-order valence-corrected chi connectivity index (χ3v) is 15.6. The predicted octanol–water partition coefficient (Wildman–Crippen LogP) is 13.2. The van der Waals surface area contributed by atoms with Crippen molar-refractivity contribution in [1.29, 1.82) is 0 Å². The van der Waals surface area contributed by atoms with Gasteiger partial charge in [-0.25, -0.2) is 0 Å². The van der Waals surface area contributed by atoms with E-state index in [-0.39, 0.29) is 36.6 Å². The molecule has 0 aliphatic rings. The molecule has 2 N–H and O–H groups in total. The highest BCUT2D eigenvalue weighted by Crippen LogP contribution is 2.24. The SMILES string of the molecule is CCN(C)c1ccc(C(=O)c2ccc(N(C)C)cc2)cc1.CCN(C)c1ccc(C(=O)c2ccc(N(C)CC)cc2)cc1.CCN(C)c1ccc(C(=O)c2ccc(N(CC)CC)cc2)cc1.CN(CO)c1ccc(C(=O)c2ccc(N(C)CO)cc2)cc1. The van der Waals surface area contributed by atoms with Crippen LogP contribution in [-0.2, 0) is 0 Å². The van der Waals surface area contributed by atoms with Gasteiger partial charge in [0.2, 0.25) is 0 Å². The Balaban J connectivity index is 0.000000214. The first kappa shape index (κ1) is 69.5. The van der Waals surface area contributed by atoms with Crippen LogP contribution in [0.4, 0.5) is 45.5 Å². The van der Waals surface area contributed by atoms with Gasteiger partial charge in [0.25, 0.3) is 0 Å². The molecule has 14 heteroatoms. The van der Waals surface area contributed by atoms with Crippen LogP contribution in [0.5, 0.6) is 0 Å². The average molecular weight is 1190 g/mol. The Morgan fingerprint density at radius 2 is 0.398 bits per heavy atom. The Labute approximate surface area is 524 Å². The van der Waals surface area contributed by atoms with Crippen LogP contribution in [0.1, 0.15) is 105 Å². The van der Waals surface area contributed by atoms with Gasteiger partial charge in [0, 0.05) is 186 Å². The molecule has 8 aromatic rings. The molecule has 0 heterocycles. The Bertz CT molecular complexity index is 3160. The van der Waals surface area contributed by atoms with Crippen LogP contribution in [0.3, 0.4) is 0 Å². The summed E-state index contributed by atoms with van der Waals surface area (Å²) in [6.45, 7) is 18.3. The van der Waals surface area contributed by atoms with Crippen molar-refractivity contribution in [3.8, 4) is 0 Å². The number of aliphatic hydroxyl groups is 2. The molecule has 464 valence electrons. The fourth-order valence-electron chi connectivity index (χ4n) is 9.09. The molecule has 0 aliphatic carbocycles. The van der Waals surface area contributed by atoms with Gasteiger partial charge in [-0.15, -0.1) is 0 Å². The molecule has 0 atom stereocenters. The van der Waals surface area contributed by atoms with Gasteiger partial charge in [0.1, 0.15) is 13.5 Å². The van der Waals surface area contributed by atoms with Gasteiger partial charge in [-0.1, -0.05) is 0 Å². The molecule has 0 fully saturated rings. The summed E-state index contributed by atoms with van der Waals surface area (Å²) < 4.78 is 0. The van der Waals surface area contributed by atoms with E-state index >= 15 is 0 Å². The maximum atomic E-state index is 12.6. The molecule has 0 unspecified atom stereocenters. The molecule has 0 saturated heterocycles. The molecule has 0 aromatic heterocycles. The third kappa shape index (κ3) is 19.4. The predicted molar refractivity (Wildman–Crippen MR) is 370 cm³/mol. The van der Waals surface area contributed by atoms with Gasteiger partial charge in [0.05, 0.1) is 0 Å². The van der Waals surface area contributed by atoms with Crippen LogP contribution in [0.15, 0.2) is 194 Å². The van der Waals surface area contributed by atoms with Gasteiger partial charge >= 0.3 is 0 Å². The first-order chi connectivity index (χ1) is 42.2. The normalized spacial score (nSPS) is 10.4. The molecule has 0 radical (unpaired) electrons. The van der Waals surface area contributed by atoms with Crippen LogP contribution < -0.4 is 39.2 Å². The molecule has 0 spiro atoms. The molecular weight excluding hydrogens is 1100 g/mol. The van der Waals surface area contributed by atoms with E-state index in [1.54, 1.807) is 72.4 Å². The maximum Gasteiger partial charge on any atom is 0.193 e. The smallest absolute Gasteiger partial charge is 0.193 e. The fourth-order valence-corrected chi connectivity index (χ4v) is 9.09. The number of rotatable bonds is 24. The standard InChI is InChI=1S/C20H26N2O.C19H24N2O.C18H22N2O.C17H20N2O3/c1-5-21(4)18-12-8-16(9-13-18)20(23)17-10-14-19(15-11-17)22(6-2)7-3;1-5-20(3)17-11-7-15(8-12-17)19(22)16-9-13-18(14-10-16)21(4)6-2;1-5-20(4)17-12-8-15(9-13-17)18(21)14-6-10-16(11-7-14)19(2)3;1-18(11-20)15-7-3-13(4-8-15)17(22)14-5-9-16(10-6-14)19(2)12-21/h8-15H,5-7H2,1-4H3;7-14H,5-6H2,1-4H3;6-13H,5H2,1-4H3;3-10,20-21H,11-12H2,1-2H3. The van der Waals surface area contributed by atoms with Crippen molar-refractivity contribution in [1.82, 2.24) is 0 Å². The summed E-state index contributed by atoms with van der Waals surface area (Å²) in [4.78, 5) is 66.2. The van der Waals surface area contributed by atoms with Crippen LogP contribution in [0.25, 0.3) is 0 Å². The van der Waals surface area contributed by atoms with E-state index in [4.69, 9.17) is 10.2 Å². The minimum absolute atomic E-state index is 0.0589. The number of aliphatic hydroxyl groups excluding tert-OH is 2. The Hall–Kier alpha value is -9.24. The van der Waals surface area contributed by atoms with Crippen molar-refractivity contribution in [2.75, 3.05) is 148 Å². The second-order valence-corrected chi connectivity index (χ2v) is 21.5. The summed E-state index contributed by atoms with van der Waals surface area (Å²) in [5.74, 6) is 0.139. The summed E-state index contributed by atoms with van der Waals surface area (Å²) in [5.41, 5.74) is 14.0. The second-order valence-electron chi connectivity index (χ2n) is 21.5. The first-order valence-electron chi connectivity index (χ1n) is 30.2. The van der Waals surface area contributed by atoms with E-state index in [0.29, 0.717) is 11.1 Å². The van der Waals surface area contributed by atoms with Crippen LogP contribution >= 0.6 is 0 Å². The number of ketones is 4. The van der Waals surface area contributed by atoms with E-state index in [0.717, 1.165) is 118 Å². The quantitative estimate of drug-likeness (QED) is 0.0439. The zero-order chi connectivity index (χ0) is 64.5. The summed E-state index contributed by atoms with van der Waals surface area (Å²) in [6.07, 6.45) is 0. The molecule has 88 heavy (non-hydrogen) atoms. The minimum atomic E-state index is -0.0763. The Morgan fingerprint density at radius 1 is 0.239 bits per heavy atom. The summed E-state index contributed by atoms with van der Waals surface area (Å²) in [6, 6.07) is 60.9. The molecule has 0 aliphatic heterocycles. The van der Waals surface area contributed by atoms with E-state index in [9.17, 15) is 19.2 Å². The minimum Gasteiger partial charge on any atom is -0.378 e. The van der Waals surface area contributed by atoms with E-state index in [1.165, 1.54) is 0 Å². The molecule has 8 rings (SSSR count). The lowest BCUT2D eigenvalue weighted by molar-refractivity contribution is 0.103. The van der Waals surface area contributed by atoms with Gasteiger partial charge < -0.3 is 49.4 Å². The topological polar surface area (TPSA) is 135 Å². The van der Waals surface area contributed by atoms with Gasteiger partial charge in [0.15, 0.2) is 23.1 Å². The zero-order valence-corrected chi connectivity index (χ0v) is 54.2. The highest BCUT2D eigenvalue weighted by atomic mass is 16.3. The number of carbonyl (C=O) groups is 4. The highest BCUT2D eigenvalue weighted by Gasteiger charge is 2.15. The van der Waals surface area contributed by atoms with Crippen molar-refractivity contribution in [2.45, 2.75) is 41.5 Å². The van der Waals surface area contributed by atoms with E-state index < -0.39 is 0 Å². The van der Waals surface area contributed by atoms with Crippen molar-refractivity contribution < 1.29 is 29.4 Å². The second kappa shape index (κ2) is 34.8. The summed E-state index contributed by atoms with van der Waals surface area (Å²) >= 11 is 0. The monoisotopic (exact) mass is 1190 g/mol. The Kier molecular flexibility index (Phi) is 27.5. The number of carbonyl (C=O) groups excluding carboxylic acids is 4. The molecular formula is C74H92N8O6. The molecule has 0 amide bonds. The summed E-state index contributed by atoms with van der Waals surface area (Å²) in [7, 11) is 15.7. The summed E-state index contributed by atoms with van der Waals surface area (Å²) in [5, 5.41) is 18.1. The maximum absolute atomic E-state index is 12.6. The first-order valence-corrected chi connectivity index (χ1v) is 30.2. The van der Waals surface area contributed by atoms with Crippen molar-refractivity contribution >= 4 is 68.6 Å². The van der Waals surface area contributed by atoms with Gasteiger partial charge in [-0.05, 0) is 236 Å². The third-order valence-electron chi connectivity index (χ3n) is 15.6. The lowest BCUT2D eigenvalue weighted by atomic mass is 10.0. The molecule has 8 aromatic carbocycles. The van der Waals surface area contributed by atoms with E-state index in [2.05, 4.69) is 66.0 Å². The number of nitrogens with zero attached hydrogens (tertiary/aromatic N) is 8. The van der Waals surface area contributed by atoms with Crippen LogP contribution in [-0.4, -0.2) is 142 Å². The Morgan fingerprint density at radius 3 is 0.545 bits per heavy atom. The fraction of sp³-hybridized carbons (Fsp3) is 0.297. The molecule has 0 bridgehead atoms. The van der Waals surface area contributed by atoms with Crippen molar-refractivity contribution in [3.05, 3.63) is 239 Å². The lowest BCUT2D eigenvalue weighted by Gasteiger charge is -2.21. The molecule has 0 saturated carbocycles. The number of benzene rings is 8. The van der Waals surface area contributed by atoms with Crippen LogP contribution in [0, 0.1) is 0 Å². The number of anilines is 8. The van der Waals surface area contributed by atoms with Gasteiger partial charge in [-0.3, -0.25) is 19.2 Å². The lowest BCUT2D eigenvalue weighted by Crippen LogP contribution is -2.21. The van der Waals surface area contributed by atoms with Crippen molar-refractivity contribution in [2.24, 2.45) is 0 Å².